The van der Waals surface area contributed by atoms with E-state index in [4.69, 9.17) is 10.8 Å². The van der Waals surface area contributed by atoms with Crippen LogP contribution in [0.15, 0.2) is 18.2 Å². The van der Waals surface area contributed by atoms with Crippen LogP contribution in [0, 0.1) is 6.92 Å². The molecule has 5 nitrogen and oxygen atoms in total. The van der Waals surface area contributed by atoms with Gasteiger partial charge in [0.25, 0.3) is 0 Å². The van der Waals surface area contributed by atoms with Crippen LogP contribution < -0.4 is 5.73 Å². The largest absolute Gasteiger partial charge is 0.480 e. The van der Waals surface area contributed by atoms with E-state index in [1.54, 1.807) is 11.9 Å². The Balaban J connectivity index is 2.69. The van der Waals surface area contributed by atoms with Crippen molar-refractivity contribution in [2.24, 2.45) is 5.73 Å². The summed E-state index contributed by atoms with van der Waals surface area (Å²) in [6, 6.07) is 5.02. The van der Waals surface area contributed by atoms with Gasteiger partial charge in [0.2, 0.25) is 0 Å². The Kier molecular flexibility index (Phi) is 4.39. The first-order valence-electron chi connectivity index (χ1n) is 5.10. The van der Waals surface area contributed by atoms with E-state index in [0.717, 1.165) is 11.4 Å². The summed E-state index contributed by atoms with van der Waals surface area (Å²) in [7, 11) is 1.73. The smallest absolute Gasteiger partial charge is 0.322 e. The molecule has 1 aromatic rings. The number of nitrogens with two attached hydrogens (primary N) is 1. The summed E-state index contributed by atoms with van der Waals surface area (Å²) in [5.41, 5.74) is 7.19. The maximum atomic E-state index is 10.9. The minimum atomic E-state index is -0.905. The summed E-state index contributed by atoms with van der Waals surface area (Å²) in [5, 5.41) is 8.93. The SMILES string of the molecule is Cc1cccc(CN(C)C(CN)C(=O)O)n1. The second kappa shape index (κ2) is 5.58. The van der Waals surface area contributed by atoms with Crippen molar-refractivity contribution < 1.29 is 9.90 Å². The van der Waals surface area contributed by atoms with Crippen molar-refractivity contribution in [2.75, 3.05) is 13.6 Å². The molecule has 0 radical (unpaired) electrons. The van der Waals surface area contributed by atoms with Gasteiger partial charge in [0.15, 0.2) is 0 Å². The molecule has 1 aromatic heterocycles. The van der Waals surface area contributed by atoms with Crippen LogP contribution in [-0.4, -0.2) is 40.6 Å². The normalized spacial score (nSPS) is 12.8. The predicted molar refractivity (Wildman–Crippen MR) is 60.9 cm³/mol. The average molecular weight is 223 g/mol. The fraction of sp³-hybridized carbons (Fsp3) is 0.455. The first-order valence-corrected chi connectivity index (χ1v) is 5.10. The molecule has 3 N–H and O–H groups in total. The van der Waals surface area contributed by atoms with Gasteiger partial charge in [-0.1, -0.05) is 6.07 Å². The van der Waals surface area contributed by atoms with Gasteiger partial charge in [-0.2, -0.15) is 0 Å². The summed E-state index contributed by atoms with van der Waals surface area (Å²) in [6.45, 7) is 2.48. The maximum absolute atomic E-state index is 10.9. The van der Waals surface area contributed by atoms with Crippen molar-refractivity contribution in [3.63, 3.8) is 0 Å². The molecular weight excluding hydrogens is 206 g/mol. The summed E-state index contributed by atoms with van der Waals surface area (Å²) in [4.78, 5) is 16.9. The van der Waals surface area contributed by atoms with Gasteiger partial charge in [-0.15, -0.1) is 0 Å². The fourth-order valence-corrected chi connectivity index (χ4v) is 1.52. The van der Waals surface area contributed by atoms with E-state index in [1.807, 2.05) is 25.1 Å². The van der Waals surface area contributed by atoms with E-state index < -0.39 is 12.0 Å². The summed E-state index contributed by atoms with van der Waals surface area (Å²) >= 11 is 0. The molecule has 16 heavy (non-hydrogen) atoms. The summed E-state index contributed by atoms with van der Waals surface area (Å²) < 4.78 is 0. The molecule has 0 fully saturated rings. The van der Waals surface area contributed by atoms with E-state index in [0.29, 0.717) is 6.54 Å². The van der Waals surface area contributed by atoms with Crippen molar-refractivity contribution in [3.05, 3.63) is 29.6 Å². The van der Waals surface area contributed by atoms with Gasteiger partial charge in [0.05, 0.1) is 5.69 Å². The molecule has 1 unspecified atom stereocenters. The van der Waals surface area contributed by atoms with Gasteiger partial charge in [-0.3, -0.25) is 14.7 Å². The molecule has 1 rings (SSSR count). The first-order chi connectivity index (χ1) is 7.54. The molecule has 0 aliphatic rings. The number of aromatic nitrogens is 1. The first kappa shape index (κ1) is 12.6. The quantitative estimate of drug-likeness (QED) is 0.747. The minimum absolute atomic E-state index is 0.0949. The van der Waals surface area contributed by atoms with Gasteiger partial charge in [-0.05, 0) is 26.1 Å². The Morgan fingerprint density at radius 1 is 1.62 bits per heavy atom. The highest BCUT2D eigenvalue weighted by molar-refractivity contribution is 5.73. The van der Waals surface area contributed by atoms with E-state index in [-0.39, 0.29) is 6.54 Å². The molecule has 0 aliphatic heterocycles. The molecule has 1 heterocycles. The standard InChI is InChI=1S/C11H17N3O2/c1-8-4-3-5-9(13-8)7-14(2)10(6-12)11(15)16/h3-5,10H,6-7,12H2,1-2H3,(H,15,16). The Hall–Kier alpha value is -1.46. The highest BCUT2D eigenvalue weighted by Gasteiger charge is 2.20. The molecule has 0 spiro atoms. The lowest BCUT2D eigenvalue weighted by molar-refractivity contribution is -0.142. The molecule has 0 bridgehead atoms. The number of nitrogens with zero attached hydrogens (tertiary/aromatic N) is 2. The third kappa shape index (κ3) is 3.29. The third-order valence-electron chi connectivity index (χ3n) is 2.40. The summed E-state index contributed by atoms with van der Waals surface area (Å²) in [6.07, 6.45) is 0. The molecular formula is C11H17N3O2. The van der Waals surface area contributed by atoms with E-state index in [1.165, 1.54) is 0 Å². The van der Waals surface area contributed by atoms with E-state index in [9.17, 15) is 4.79 Å². The maximum Gasteiger partial charge on any atom is 0.322 e. The average Bonchev–Trinajstić information content (AvgIpc) is 2.17. The van der Waals surface area contributed by atoms with Gasteiger partial charge >= 0.3 is 5.97 Å². The van der Waals surface area contributed by atoms with Crippen LogP contribution in [0.5, 0.6) is 0 Å². The van der Waals surface area contributed by atoms with Crippen molar-refractivity contribution >= 4 is 5.97 Å². The number of carboxylic acids is 1. The zero-order chi connectivity index (χ0) is 12.1. The molecule has 0 aromatic carbocycles. The lowest BCUT2D eigenvalue weighted by atomic mass is 10.2. The molecule has 1 atom stereocenters. The molecule has 88 valence electrons. The summed E-state index contributed by atoms with van der Waals surface area (Å²) in [5.74, 6) is -0.905. The second-order valence-corrected chi connectivity index (χ2v) is 3.78. The number of pyridine rings is 1. The number of carboxylic acid groups (broad SMARTS) is 1. The fourth-order valence-electron chi connectivity index (χ4n) is 1.52. The van der Waals surface area contributed by atoms with Crippen molar-refractivity contribution in [1.29, 1.82) is 0 Å². The number of aryl methyl sites for hydroxylation is 1. The second-order valence-electron chi connectivity index (χ2n) is 3.78. The minimum Gasteiger partial charge on any atom is -0.480 e. The highest BCUT2D eigenvalue weighted by Crippen LogP contribution is 2.04. The van der Waals surface area contributed by atoms with Crippen LogP contribution in [0.25, 0.3) is 0 Å². The Labute approximate surface area is 94.9 Å². The van der Waals surface area contributed by atoms with Gasteiger partial charge in [-0.25, -0.2) is 0 Å². The van der Waals surface area contributed by atoms with E-state index >= 15 is 0 Å². The van der Waals surface area contributed by atoms with Crippen LogP contribution in [-0.2, 0) is 11.3 Å². The number of aliphatic carboxylic acids is 1. The molecule has 5 heteroatoms. The number of likely N-dealkylation sites (N-methyl/N-ethyl adjacent to an activating group) is 1. The Morgan fingerprint density at radius 3 is 2.81 bits per heavy atom. The topological polar surface area (TPSA) is 79.5 Å². The van der Waals surface area contributed by atoms with Crippen LogP contribution in [0.2, 0.25) is 0 Å². The molecule has 0 saturated carbocycles. The third-order valence-corrected chi connectivity index (χ3v) is 2.40. The molecule has 0 saturated heterocycles. The highest BCUT2D eigenvalue weighted by atomic mass is 16.4. The monoisotopic (exact) mass is 223 g/mol. The van der Waals surface area contributed by atoms with Crippen molar-refractivity contribution in [2.45, 2.75) is 19.5 Å². The van der Waals surface area contributed by atoms with Crippen LogP contribution in [0.3, 0.4) is 0 Å². The van der Waals surface area contributed by atoms with Gasteiger partial charge in [0.1, 0.15) is 6.04 Å². The van der Waals surface area contributed by atoms with Crippen LogP contribution >= 0.6 is 0 Å². The lowest BCUT2D eigenvalue weighted by Crippen LogP contribution is -2.43. The Bertz CT molecular complexity index is 368. The number of hydrogen-bond donors (Lipinski definition) is 2. The number of carbonyl (C=O) groups is 1. The van der Waals surface area contributed by atoms with Gasteiger partial charge < -0.3 is 10.8 Å². The van der Waals surface area contributed by atoms with Crippen LogP contribution in [0.1, 0.15) is 11.4 Å². The van der Waals surface area contributed by atoms with Crippen molar-refractivity contribution in [3.8, 4) is 0 Å². The lowest BCUT2D eigenvalue weighted by Gasteiger charge is -2.22. The molecule has 0 aliphatic carbocycles. The predicted octanol–water partition coefficient (Wildman–Crippen LogP) is 0.234. The van der Waals surface area contributed by atoms with Crippen molar-refractivity contribution in [1.82, 2.24) is 9.88 Å². The van der Waals surface area contributed by atoms with Crippen LogP contribution in [0.4, 0.5) is 0 Å². The number of rotatable bonds is 5. The van der Waals surface area contributed by atoms with E-state index in [2.05, 4.69) is 4.98 Å². The number of hydrogen-bond acceptors (Lipinski definition) is 4. The van der Waals surface area contributed by atoms with Gasteiger partial charge in [0, 0.05) is 18.8 Å². The molecule has 0 amide bonds. The Morgan fingerprint density at radius 2 is 2.31 bits per heavy atom. The zero-order valence-corrected chi connectivity index (χ0v) is 9.55. The zero-order valence-electron chi connectivity index (χ0n) is 9.55.